The van der Waals surface area contributed by atoms with Gasteiger partial charge in [0.15, 0.2) is 11.0 Å². The Hall–Kier alpha value is -3.50. The summed E-state index contributed by atoms with van der Waals surface area (Å²) in [4.78, 5) is 0. The summed E-state index contributed by atoms with van der Waals surface area (Å²) >= 11 is 1.42. The van der Waals surface area contributed by atoms with E-state index in [2.05, 4.69) is 16.3 Å². The molecule has 142 valence electrons. The third kappa shape index (κ3) is 4.03. The van der Waals surface area contributed by atoms with Gasteiger partial charge in [0.2, 0.25) is 0 Å². The van der Waals surface area contributed by atoms with Crippen molar-refractivity contribution in [1.82, 2.24) is 14.8 Å². The summed E-state index contributed by atoms with van der Waals surface area (Å²) in [6.07, 6.45) is 0. The second-order valence-corrected chi connectivity index (χ2v) is 7.13. The van der Waals surface area contributed by atoms with E-state index >= 15 is 0 Å². The summed E-state index contributed by atoms with van der Waals surface area (Å²) in [5.41, 5.74) is 2.86. The van der Waals surface area contributed by atoms with Crippen LogP contribution in [0.4, 0.5) is 8.78 Å². The van der Waals surface area contributed by atoms with E-state index in [0.717, 1.165) is 5.56 Å². The molecule has 0 aliphatic carbocycles. The van der Waals surface area contributed by atoms with Crippen molar-refractivity contribution >= 4 is 11.8 Å². The van der Waals surface area contributed by atoms with Crippen LogP contribution in [0.5, 0.6) is 0 Å². The zero-order valence-electron chi connectivity index (χ0n) is 15.1. The van der Waals surface area contributed by atoms with Gasteiger partial charge < -0.3 is 0 Å². The first-order valence-electron chi connectivity index (χ1n) is 8.74. The molecule has 0 spiro atoms. The highest BCUT2D eigenvalue weighted by molar-refractivity contribution is 7.98. The minimum atomic E-state index is -0.345. The van der Waals surface area contributed by atoms with Crippen molar-refractivity contribution in [3.8, 4) is 23.1 Å². The van der Waals surface area contributed by atoms with Crippen molar-refractivity contribution in [2.45, 2.75) is 10.9 Å². The molecule has 0 saturated carbocycles. The molecule has 4 rings (SSSR count). The minimum absolute atomic E-state index is 0.343. The Morgan fingerprint density at radius 1 is 0.862 bits per heavy atom. The van der Waals surface area contributed by atoms with Gasteiger partial charge in [0, 0.05) is 17.0 Å². The molecule has 0 unspecified atom stereocenters. The van der Waals surface area contributed by atoms with Gasteiger partial charge >= 0.3 is 0 Å². The molecule has 0 fully saturated rings. The second kappa shape index (κ2) is 8.25. The topological polar surface area (TPSA) is 54.5 Å². The molecule has 0 saturated heterocycles. The number of halogens is 2. The molecule has 0 aliphatic rings. The van der Waals surface area contributed by atoms with Crippen molar-refractivity contribution in [3.05, 3.63) is 95.6 Å². The van der Waals surface area contributed by atoms with Gasteiger partial charge in [-0.25, -0.2) is 8.78 Å². The smallest absolute Gasteiger partial charge is 0.196 e. The maximum atomic E-state index is 13.4. The number of thioether (sulfide) groups is 1. The van der Waals surface area contributed by atoms with Crippen LogP contribution in [0.25, 0.3) is 17.1 Å². The molecule has 4 nitrogen and oxygen atoms in total. The summed E-state index contributed by atoms with van der Waals surface area (Å²) in [6, 6.07) is 21.5. The number of nitriles is 1. The van der Waals surface area contributed by atoms with Gasteiger partial charge in [-0.05, 0) is 60.2 Å². The molecule has 1 heterocycles. The second-order valence-electron chi connectivity index (χ2n) is 6.18. The lowest BCUT2D eigenvalue weighted by molar-refractivity contribution is 0.626. The summed E-state index contributed by atoms with van der Waals surface area (Å²) in [5, 5.41) is 18.4. The molecule has 0 atom stereocenters. The fourth-order valence-corrected chi connectivity index (χ4v) is 3.83. The van der Waals surface area contributed by atoms with Crippen LogP contribution in [0.3, 0.4) is 0 Å². The Morgan fingerprint density at radius 2 is 1.52 bits per heavy atom. The average Bonchev–Trinajstić information content (AvgIpc) is 3.17. The maximum absolute atomic E-state index is 13.4. The summed E-state index contributed by atoms with van der Waals surface area (Å²) in [5.74, 6) is 0.353. The molecular weight excluding hydrogens is 390 g/mol. The number of rotatable bonds is 5. The SMILES string of the molecule is N#Cc1ccccc1CSc1nnc(-c2ccc(F)cc2)n1-c1ccc(F)cc1. The number of hydrogen-bond donors (Lipinski definition) is 0. The molecule has 3 aromatic carbocycles. The quantitative estimate of drug-likeness (QED) is 0.419. The van der Waals surface area contributed by atoms with Crippen molar-refractivity contribution in [3.63, 3.8) is 0 Å². The van der Waals surface area contributed by atoms with Crippen molar-refractivity contribution in [2.75, 3.05) is 0 Å². The number of aromatic nitrogens is 3. The van der Waals surface area contributed by atoms with Crippen LogP contribution < -0.4 is 0 Å². The van der Waals surface area contributed by atoms with Gasteiger partial charge in [-0.3, -0.25) is 4.57 Å². The van der Waals surface area contributed by atoms with E-state index < -0.39 is 0 Å². The normalized spacial score (nSPS) is 10.7. The first-order chi connectivity index (χ1) is 14.2. The predicted octanol–water partition coefficient (Wildman–Crippen LogP) is 5.38. The van der Waals surface area contributed by atoms with Gasteiger partial charge in [-0.2, -0.15) is 5.26 Å². The van der Waals surface area contributed by atoms with Crippen molar-refractivity contribution < 1.29 is 8.78 Å². The highest BCUT2D eigenvalue weighted by atomic mass is 32.2. The summed E-state index contributed by atoms with van der Waals surface area (Å²) in [6.45, 7) is 0. The molecule has 29 heavy (non-hydrogen) atoms. The van der Waals surface area contributed by atoms with Gasteiger partial charge in [0.1, 0.15) is 11.6 Å². The van der Waals surface area contributed by atoms with E-state index in [1.54, 1.807) is 34.9 Å². The lowest BCUT2D eigenvalue weighted by atomic mass is 10.1. The number of nitrogens with zero attached hydrogens (tertiary/aromatic N) is 4. The summed E-state index contributed by atoms with van der Waals surface area (Å²) in [7, 11) is 0. The van der Waals surface area contributed by atoms with Crippen LogP contribution in [-0.4, -0.2) is 14.8 Å². The largest absolute Gasteiger partial charge is 0.270 e. The standard InChI is InChI=1S/C22H14F2N4S/c23-18-7-5-15(6-8-18)21-26-27-22(28(21)20-11-9-19(24)10-12-20)29-14-17-4-2-1-3-16(17)13-25/h1-12H,14H2. The van der Waals surface area contributed by atoms with Gasteiger partial charge in [-0.15, -0.1) is 10.2 Å². The van der Waals surface area contributed by atoms with Gasteiger partial charge in [-0.1, -0.05) is 30.0 Å². The molecular formula is C22H14F2N4S. The fourth-order valence-electron chi connectivity index (χ4n) is 2.87. The van der Waals surface area contributed by atoms with E-state index in [4.69, 9.17) is 0 Å². The Labute approximate surface area is 170 Å². The molecule has 0 aliphatic heterocycles. The van der Waals surface area contributed by atoms with Gasteiger partial charge in [0.25, 0.3) is 0 Å². The van der Waals surface area contributed by atoms with Crippen LogP contribution in [-0.2, 0) is 5.75 Å². The van der Waals surface area contributed by atoms with Crippen LogP contribution in [0, 0.1) is 23.0 Å². The van der Waals surface area contributed by atoms with Crippen molar-refractivity contribution in [2.24, 2.45) is 0 Å². The Balaban J connectivity index is 1.74. The average molecular weight is 404 g/mol. The zero-order valence-corrected chi connectivity index (χ0v) is 15.9. The lowest BCUT2D eigenvalue weighted by Crippen LogP contribution is -2.00. The third-order valence-electron chi connectivity index (χ3n) is 4.32. The van der Waals surface area contributed by atoms with E-state index in [-0.39, 0.29) is 11.6 Å². The van der Waals surface area contributed by atoms with E-state index in [1.807, 2.05) is 18.2 Å². The van der Waals surface area contributed by atoms with E-state index in [1.165, 1.54) is 36.0 Å². The Kier molecular flexibility index (Phi) is 5.36. The highest BCUT2D eigenvalue weighted by Gasteiger charge is 2.17. The number of hydrogen-bond acceptors (Lipinski definition) is 4. The van der Waals surface area contributed by atoms with Crippen LogP contribution in [0.1, 0.15) is 11.1 Å². The molecule has 4 aromatic rings. The first-order valence-corrected chi connectivity index (χ1v) is 9.72. The van der Waals surface area contributed by atoms with Gasteiger partial charge in [0.05, 0.1) is 11.6 Å². The maximum Gasteiger partial charge on any atom is 0.196 e. The third-order valence-corrected chi connectivity index (χ3v) is 5.29. The van der Waals surface area contributed by atoms with Crippen molar-refractivity contribution in [1.29, 1.82) is 5.26 Å². The summed E-state index contributed by atoms with van der Waals surface area (Å²) < 4.78 is 28.6. The molecule has 0 N–H and O–H groups in total. The first kappa shape index (κ1) is 18.8. The fraction of sp³-hybridized carbons (Fsp3) is 0.0455. The zero-order chi connectivity index (χ0) is 20.2. The number of benzene rings is 3. The van der Waals surface area contributed by atoms with Crippen LogP contribution >= 0.6 is 11.8 Å². The van der Waals surface area contributed by atoms with Crippen LogP contribution in [0.15, 0.2) is 78.0 Å². The molecule has 0 bridgehead atoms. The predicted molar refractivity (Wildman–Crippen MR) is 107 cm³/mol. The molecule has 0 radical (unpaired) electrons. The Morgan fingerprint density at radius 3 is 2.21 bits per heavy atom. The molecule has 7 heteroatoms. The molecule has 0 amide bonds. The van der Waals surface area contributed by atoms with E-state index in [0.29, 0.717) is 33.5 Å². The van der Waals surface area contributed by atoms with Crippen LogP contribution in [0.2, 0.25) is 0 Å². The Bertz CT molecular complexity index is 1180. The minimum Gasteiger partial charge on any atom is -0.270 e. The highest BCUT2D eigenvalue weighted by Crippen LogP contribution is 2.30. The monoisotopic (exact) mass is 404 g/mol. The van der Waals surface area contributed by atoms with E-state index in [9.17, 15) is 14.0 Å². The lowest BCUT2D eigenvalue weighted by Gasteiger charge is -2.11. The molecule has 1 aromatic heterocycles.